The lowest BCUT2D eigenvalue weighted by Crippen LogP contribution is -2.27. The van der Waals surface area contributed by atoms with Crippen molar-refractivity contribution in [1.82, 2.24) is 25.1 Å². The maximum absolute atomic E-state index is 12.2. The lowest BCUT2D eigenvalue weighted by molar-refractivity contribution is -0.118. The Kier molecular flexibility index (Phi) is 7.02. The minimum absolute atomic E-state index is 0.0315. The maximum Gasteiger partial charge on any atom is 0.230 e. The highest BCUT2D eigenvalue weighted by Crippen LogP contribution is 2.23. The summed E-state index contributed by atoms with van der Waals surface area (Å²) in [5.74, 6) is 1.88. The van der Waals surface area contributed by atoms with E-state index in [4.69, 9.17) is 4.74 Å². The molecule has 0 unspecified atom stereocenters. The molecule has 1 N–H and O–H groups in total. The summed E-state index contributed by atoms with van der Waals surface area (Å²) < 4.78 is 7.34. The van der Waals surface area contributed by atoms with E-state index < -0.39 is 0 Å². The molecule has 7 nitrogen and oxygen atoms in total. The number of hydrogen-bond acceptors (Lipinski definition) is 6. The molecule has 1 amide bonds. The predicted octanol–water partition coefficient (Wildman–Crippen LogP) is 2.82. The van der Waals surface area contributed by atoms with Gasteiger partial charge in [0, 0.05) is 31.0 Å². The molecule has 0 saturated carbocycles. The second-order valence-corrected chi connectivity index (χ2v) is 6.93. The number of pyridine rings is 1. The number of amides is 1. The summed E-state index contributed by atoms with van der Waals surface area (Å²) in [5, 5.41) is 12.2. The van der Waals surface area contributed by atoms with Crippen LogP contribution in [0.3, 0.4) is 0 Å². The monoisotopic (exact) mass is 397 g/mol. The molecule has 146 valence electrons. The van der Waals surface area contributed by atoms with Gasteiger partial charge in [0.1, 0.15) is 5.75 Å². The lowest BCUT2D eigenvalue weighted by Gasteiger charge is -2.09. The van der Waals surface area contributed by atoms with Gasteiger partial charge in [-0.15, -0.1) is 10.2 Å². The minimum Gasteiger partial charge on any atom is -0.496 e. The fraction of sp³-hybridized carbons (Fsp3) is 0.300. The molecule has 0 aliphatic rings. The van der Waals surface area contributed by atoms with Gasteiger partial charge in [0.2, 0.25) is 5.91 Å². The van der Waals surface area contributed by atoms with E-state index in [-0.39, 0.29) is 5.91 Å². The molecular weight excluding hydrogens is 374 g/mol. The van der Waals surface area contributed by atoms with E-state index in [1.807, 2.05) is 47.9 Å². The van der Waals surface area contributed by atoms with Crippen molar-refractivity contribution in [3.8, 4) is 17.1 Å². The zero-order valence-electron chi connectivity index (χ0n) is 16.0. The van der Waals surface area contributed by atoms with Gasteiger partial charge < -0.3 is 14.6 Å². The second kappa shape index (κ2) is 9.89. The van der Waals surface area contributed by atoms with Crippen molar-refractivity contribution in [2.75, 3.05) is 19.4 Å². The quantitative estimate of drug-likeness (QED) is 0.559. The number of hydrogen-bond donors (Lipinski definition) is 1. The first-order valence-corrected chi connectivity index (χ1v) is 10.1. The summed E-state index contributed by atoms with van der Waals surface area (Å²) in [4.78, 5) is 16.2. The molecule has 0 bridgehead atoms. The Hall–Kier alpha value is -2.87. The third-order valence-electron chi connectivity index (χ3n) is 4.21. The average Bonchev–Trinajstić information content (AvgIpc) is 3.16. The van der Waals surface area contributed by atoms with Crippen LogP contribution in [0.4, 0.5) is 0 Å². The molecule has 0 aliphatic carbocycles. The molecule has 0 saturated heterocycles. The van der Waals surface area contributed by atoms with Gasteiger partial charge in [-0.05, 0) is 37.1 Å². The molecular formula is C20H23N5O2S. The van der Waals surface area contributed by atoms with Crippen LogP contribution in [-0.2, 0) is 17.8 Å². The summed E-state index contributed by atoms with van der Waals surface area (Å²) in [7, 11) is 1.65. The number of carbonyl (C=O) groups excluding carboxylic acids is 1. The van der Waals surface area contributed by atoms with Crippen LogP contribution in [0.25, 0.3) is 11.4 Å². The molecule has 2 heterocycles. The average molecular weight is 398 g/mol. The zero-order valence-corrected chi connectivity index (χ0v) is 16.8. The normalized spacial score (nSPS) is 10.6. The number of ether oxygens (including phenoxy) is 1. The number of benzene rings is 1. The smallest absolute Gasteiger partial charge is 0.230 e. The molecule has 1 aromatic carbocycles. The standard InChI is InChI=1S/C20H23N5O2S/c1-3-25-19(16-8-11-21-12-9-16)23-24-20(25)28-14-18(26)22-13-10-15-6-4-5-7-17(15)27-2/h4-9,11-12H,3,10,13-14H2,1-2H3,(H,22,26). The first-order valence-electron chi connectivity index (χ1n) is 9.08. The molecule has 0 radical (unpaired) electrons. The molecule has 0 aliphatic heterocycles. The molecule has 0 spiro atoms. The Labute approximate surface area is 168 Å². The van der Waals surface area contributed by atoms with Crippen LogP contribution in [0.5, 0.6) is 5.75 Å². The van der Waals surface area contributed by atoms with E-state index in [1.54, 1.807) is 19.5 Å². The van der Waals surface area contributed by atoms with Crippen molar-refractivity contribution in [2.24, 2.45) is 0 Å². The predicted molar refractivity (Wildman–Crippen MR) is 109 cm³/mol. The lowest BCUT2D eigenvalue weighted by atomic mass is 10.1. The molecule has 3 rings (SSSR count). The van der Waals surface area contributed by atoms with E-state index >= 15 is 0 Å². The molecule has 2 aromatic heterocycles. The summed E-state index contributed by atoms with van der Waals surface area (Å²) in [6.45, 7) is 3.32. The highest BCUT2D eigenvalue weighted by Gasteiger charge is 2.14. The van der Waals surface area contributed by atoms with Crippen LogP contribution in [0.2, 0.25) is 0 Å². The number of para-hydroxylation sites is 1. The van der Waals surface area contributed by atoms with Crippen molar-refractivity contribution in [2.45, 2.75) is 25.0 Å². The van der Waals surface area contributed by atoms with E-state index in [9.17, 15) is 4.79 Å². The fourth-order valence-corrected chi connectivity index (χ4v) is 3.65. The molecule has 8 heteroatoms. The number of thioether (sulfide) groups is 1. The van der Waals surface area contributed by atoms with Crippen molar-refractivity contribution in [1.29, 1.82) is 0 Å². The topological polar surface area (TPSA) is 81.9 Å². The van der Waals surface area contributed by atoms with Gasteiger partial charge in [0.05, 0.1) is 12.9 Å². The van der Waals surface area contributed by atoms with Gasteiger partial charge in [-0.1, -0.05) is 30.0 Å². The van der Waals surface area contributed by atoms with Crippen molar-refractivity contribution < 1.29 is 9.53 Å². The Morgan fingerprint density at radius 1 is 1.18 bits per heavy atom. The number of carbonyl (C=O) groups is 1. The van der Waals surface area contributed by atoms with Crippen molar-refractivity contribution in [3.63, 3.8) is 0 Å². The van der Waals surface area contributed by atoms with Gasteiger partial charge in [-0.3, -0.25) is 9.78 Å². The van der Waals surface area contributed by atoms with Gasteiger partial charge in [-0.2, -0.15) is 0 Å². The number of methoxy groups -OCH3 is 1. The zero-order chi connectivity index (χ0) is 19.8. The Balaban J connectivity index is 1.53. The Bertz CT molecular complexity index is 914. The van der Waals surface area contributed by atoms with Crippen LogP contribution < -0.4 is 10.1 Å². The van der Waals surface area contributed by atoms with Gasteiger partial charge >= 0.3 is 0 Å². The fourth-order valence-electron chi connectivity index (χ4n) is 2.82. The first kappa shape index (κ1) is 19.9. The number of rotatable bonds is 9. The first-order chi connectivity index (χ1) is 13.7. The third kappa shape index (κ3) is 4.89. The minimum atomic E-state index is -0.0315. The van der Waals surface area contributed by atoms with Crippen LogP contribution in [0.15, 0.2) is 53.9 Å². The van der Waals surface area contributed by atoms with E-state index in [0.29, 0.717) is 12.3 Å². The van der Waals surface area contributed by atoms with Crippen LogP contribution >= 0.6 is 11.8 Å². The molecule has 0 fully saturated rings. The highest BCUT2D eigenvalue weighted by atomic mass is 32.2. The largest absolute Gasteiger partial charge is 0.496 e. The van der Waals surface area contributed by atoms with Gasteiger partial charge in [0.15, 0.2) is 11.0 Å². The summed E-state index contributed by atoms with van der Waals surface area (Å²) in [5.41, 5.74) is 2.03. The Morgan fingerprint density at radius 2 is 1.96 bits per heavy atom. The second-order valence-electron chi connectivity index (χ2n) is 5.99. The number of aromatic nitrogens is 4. The molecule has 3 aromatic rings. The number of nitrogens with one attached hydrogen (secondary N) is 1. The van der Waals surface area contributed by atoms with Gasteiger partial charge in [0.25, 0.3) is 0 Å². The van der Waals surface area contributed by atoms with Crippen LogP contribution in [0.1, 0.15) is 12.5 Å². The maximum atomic E-state index is 12.2. The van der Waals surface area contributed by atoms with Crippen LogP contribution in [0, 0.1) is 0 Å². The summed E-state index contributed by atoms with van der Waals surface area (Å²) in [6.07, 6.45) is 4.18. The third-order valence-corrected chi connectivity index (χ3v) is 5.18. The van der Waals surface area contributed by atoms with Crippen molar-refractivity contribution >= 4 is 17.7 Å². The van der Waals surface area contributed by atoms with E-state index in [1.165, 1.54) is 11.8 Å². The van der Waals surface area contributed by atoms with Crippen molar-refractivity contribution in [3.05, 3.63) is 54.4 Å². The van der Waals surface area contributed by atoms with E-state index in [2.05, 4.69) is 20.5 Å². The molecule has 28 heavy (non-hydrogen) atoms. The Morgan fingerprint density at radius 3 is 2.71 bits per heavy atom. The number of nitrogens with zero attached hydrogens (tertiary/aromatic N) is 4. The molecule has 0 atom stereocenters. The van der Waals surface area contributed by atoms with Crippen LogP contribution in [-0.4, -0.2) is 45.1 Å². The van der Waals surface area contributed by atoms with Gasteiger partial charge in [-0.25, -0.2) is 0 Å². The SMILES string of the molecule is CCn1c(SCC(=O)NCCc2ccccc2OC)nnc1-c1ccncc1. The summed E-state index contributed by atoms with van der Waals surface area (Å²) >= 11 is 1.39. The van der Waals surface area contributed by atoms with E-state index in [0.717, 1.165) is 40.8 Å². The summed E-state index contributed by atoms with van der Waals surface area (Å²) in [6, 6.07) is 11.6. The highest BCUT2D eigenvalue weighted by molar-refractivity contribution is 7.99.